The van der Waals surface area contributed by atoms with Gasteiger partial charge in [-0.05, 0) is 30.4 Å². The molecule has 1 aliphatic heterocycles. The van der Waals surface area contributed by atoms with Crippen molar-refractivity contribution < 1.29 is 18.4 Å². The van der Waals surface area contributed by atoms with Crippen LogP contribution in [0.25, 0.3) is 22.4 Å². The number of rotatable bonds is 7. The van der Waals surface area contributed by atoms with Crippen molar-refractivity contribution >= 4 is 51.6 Å². The van der Waals surface area contributed by atoms with Crippen molar-refractivity contribution in [2.45, 2.75) is 37.8 Å². The summed E-state index contributed by atoms with van der Waals surface area (Å²) in [6.07, 6.45) is 7.19. The molecule has 0 radical (unpaired) electrons. The first kappa shape index (κ1) is 25.3. The predicted molar refractivity (Wildman–Crippen MR) is 149 cm³/mol. The summed E-state index contributed by atoms with van der Waals surface area (Å²) in [7, 11) is 0. The molecule has 0 aromatic carbocycles. The fourth-order valence-electron chi connectivity index (χ4n) is 5.09. The van der Waals surface area contributed by atoms with Gasteiger partial charge in [0, 0.05) is 30.6 Å². The quantitative estimate of drug-likeness (QED) is 0.265. The van der Waals surface area contributed by atoms with E-state index in [-0.39, 0.29) is 28.8 Å². The molecule has 1 aliphatic carbocycles. The number of furan rings is 1. The molecule has 0 bridgehead atoms. The normalized spacial score (nSPS) is 19.8. The molecule has 1 saturated carbocycles. The first-order chi connectivity index (χ1) is 19.0. The van der Waals surface area contributed by atoms with E-state index in [4.69, 9.17) is 25.0 Å². The maximum Gasteiger partial charge on any atom is 0.269 e. The molecule has 2 fully saturated rings. The Hall–Kier alpha value is -3.94. The topological polar surface area (TPSA) is 175 Å². The molecule has 4 aromatic rings. The summed E-state index contributed by atoms with van der Waals surface area (Å²) in [5, 5.41) is 8.51. The zero-order valence-corrected chi connectivity index (χ0v) is 22.0. The minimum absolute atomic E-state index is 0.0463. The van der Waals surface area contributed by atoms with Crippen LogP contribution >= 0.6 is 11.5 Å². The molecular formula is C26H29N7O5S. The van der Waals surface area contributed by atoms with Crippen molar-refractivity contribution in [3.05, 3.63) is 45.9 Å². The van der Waals surface area contributed by atoms with E-state index in [9.17, 15) is 9.59 Å². The highest BCUT2D eigenvalue weighted by Crippen LogP contribution is 2.38. The van der Waals surface area contributed by atoms with Crippen molar-refractivity contribution in [3.63, 3.8) is 0 Å². The van der Waals surface area contributed by atoms with Crippen LogP contribution in [-0.4, -0.2) is 53.7 Å². The van der Waals surface area contributed by atoms with Gasteiger partial charge in [0.15, 0.2) is 17.2 Å². The number of morpholine rings is 1. The molecule has 6 rings (SSSR count). The Labute approximate surface area is 227 Å². The third-order valence-electron chi connectivity index (χ3n) is 7.14. The van der Waals surface area contributed by atoms with E-state index < -0.39 is 5.91 Å². The molecule has 12 nitrogen and oxygen atoms in total. The number of hydrogen-bond donors (Lipinski definition) is 4. The Kier molecular flexibility index (Phi) is 6.94. The van der Waals surface area contributed by atoms with E-state index in [1.54, 1.807) is 17.6 Å². The standard InChI is InChI=1S/C26H29N7O5S/c27-16-3-1-2-4-17(16)30-14-9-18(23(26(28)35)29-11-14)31-19-13-39-32-22(19)15-12-37-25-20(34)10-21(38-24(15)25)33-5-7-36-8-6-33/h9-13,16-17,30-31H,1-8,27H2,(H2,28,35)/t16-,17+/m1/s1. The van der Waals surface area contributed by atoms with Crippen LogP contribution < -0.4 is 32.4 Å². The summed E-state index contributed by atoms with van der Waals surface area (Å²) in [5.74, 6) is -0.221. The predicted octanol–water partition coefficient (Wildman–Crippen LogP) is 3.27. The maximum absolute atomic E-state index is 12.8. The molecule has 204 valence electrons. The minimum atomic E-state index is -0.668. The Bertz CT molecular complexity index is 1560. The lowest BCUT2D eigenvalue weighted by Gasteiger charge is -2.30. The molecule has 6 N–H and O–H groups in total. The van der Waals surface area contributed by atoms with Crippen LogP contribution in [0, 0.1) is 0 Å². The van der Waals surface area contributed by atoms with E-state index in [0.717, 1.165) is 31.4 Å². The molecule has 2 atom stereocenters. The van der Waals surface area contributed by atoms with Crippen LogP contribution in [0.5, 0.6) is 0 Å². The number of aromatic nitrogens is 2. The molecule has 4 aromatic heterocycles. The van der Waals surface area contributed by atoms with Gasteiger partial charge in [-0.15, -0.1) is 0 Å². The van der Waals surface area contributed by atoms with Gasteiger partial charge in [-0.3, -0.25) is 9.59 Å². The number of carbonyl (C=O) groups is 1. The number of nitrogens with one attached hydrogen (secondary N) is 2. The van der Waals surface area contributed by atoms with Gasteiger partial charge in [-0.1, -0.05) is 12.8 Å². The van der Waals surface area contributed by atoms with Gasteiger partial charge in [0.25, 0.3) is 5.91 Å². The molecule has 2 aliphatic rings. The van der Waals surface area contributed by atoms with Crippen LogP contribution in [0.3, 0.4) is 0 Å². The van der Waals surface area contributed by atoms with Gasteiger partial charge < -0.3 is 40.6 Å². The Morgan fingerprint density at radius 3 is 2.74 bits per heavy atom. The first-order valence-corrected chi connectivity index (χ1v) is 13.7. The average Bonchev–Trinajstić information content (AvgIpc) is 3.57. The van der Waals surface area contributed by atoms with Crippen LogP contribution in [0.1, 0.15) is 36.2 Å². The lowest BCUT2D eigenvalue weighted by molar-refractivity contribution is 0.0996. The van der Waals surface area contributed by atoms with Crippen molar-refractivity contribution in [2.75, 3.05) is 41.8 Å². The number of fused-ring (bicyclic) bond motifs is 1. The second-order valence-corrected chi connectivity index (χ2v) is 10.4. The van der Waals surface area contributed by atoms with Crippen LogP contribution in [0.2, 0.25) is 0 Å². The highest BCUT2D eigenvalue weighted by atomic mass is 32.1. The van der Waals surface area contributed by atoms with E-state index in [1.807, 2.05) is 4.90 Å². The van der Waals surface area contributed by atoms with Gasteiger partial charge >= 0.3 is 0 Å². The Morgan fingerprint density at radius 2 is 1.95 bits per heavy atom. The number of hydrogen-bond acceptors (Lipinski definition) is 12. The number of amides is 1. The van der Waals surface area contributed by atoms with E-state index >= 15 is 0 Å². The third-order valence-corrected chi connectivity index (χ3v) is 7.77. The van der Waals surface area contributed by atoms with Gasteiger partial charge in [0.1, 0.15) is 12.0 Å². The lowest BCUT2D eigenvalue weighted by atomic mass is 9.91. The van der Waals surface area contributed by atoms with Gasteiger partial charge in [0.2, 0.25) is 11.0 Å². The number of anilines is 4. The number of nitrogens with zero attached hydrogens (tertiary/aromatic N) is 3. The Balaban J connectivity index is 1.34. The van der Waals surface area contributed by atoms with E-state index in [1.165, 1.54) is 23.9 Å². The molecule has 39 heavy (non-hydrogen) atoms. The van der Waals surface area contributed by atoms with Crippen LogP contribution in [-0.2, 0) is 4.74 Å². The summed E-state index contributed by atoms with van der Waals surface area (Å²) < 4.78 is 21.7. The van der Waals surface area contributed by atoms with E-state index in [2.05, 4.69) is 20.0 Å². The second-order valence-electron chi connectivity index (χ2n) is 9.74. The van der Waals surface area contributed by atoms with Gasteiger partial charge in [0.05, 0.1) is 48.1 Å². The smallest absolute Gasteiger partial charge is 0.269 e. The summed E-state index contributed by atoms with van der Waals surface area (Å²) in [6.45, 7) is 2.34. The largest absolute Gasteiger partial charge is 0.456 e. The molecular weight excluding hydrogens is 522 g/mol. The fraction of sp³-hybridized carbons (Fsp3) is 0.385. The fourth-order valence-corrected chi connectivity index (χ4v) is 5.72. The molecule has 5 heterocycles. The highest BCUT2D eigenvalue weighted by molar-refractivity contribution is 7.04. The number of pyridine rings is 1. The van der Waals surface area contributed by atoms with Gasteiger partial charge in [-0.2, -0.15) is 4.37 Å². The molecule has 13 heteroatoms. The van der Waals surface area contributed by atoms with Gasteiger partial charge in [-0.25, -0.2) is 4.98 Å². The highest BCUT2D eigenvalue weighted by Gasteiger charge is 2.25. The first-order valence-electron chi connectivity index (χ1n) is 12.9. The number of primary amides is 1. The van der Waals surface area contributed by atoms with Crippen molar-refractivity contribution in [1.29, 1.82) is 0 Å². The monoisotopic (exact) mass is 551 g/mol. The summed E-state index contributed by atoms with van der Waals surface area (Å²) in [6, 6.07) is 3.39. The number of carbonyl (C=O) groups excluding carboxylic acids is 1. The minimum Gasteiger partial charge on any atom is -0.456 e. The van der Waals surface area contributed by atoms with Crippen molar-refractivity contribution in [1.82, 2.24) is 9.36 Å². The molecule has 1 saturated heterocycles. The van der Waals surface area contributed by atoms with Crippen molar-refractivity contribution in [3.8, 4) is 11.3 Å². The van der Waals surface area contributed by atoms with E-state index in [0.29, 0.717) is 60.4 Å². The molecule has 1 amide bonds. The molecule has 0 unspecified atom stereocenters. The summed E-state index contributed by atoms with van der Waals surface area (Å²) in [5.41, 5.74) is 14.9. The number of ether oxygens (including phenoxy) is 1. The summed E-state index contributed by atoms with van der Waals surface area (Å²) in [4.78, 5) is 31.3. The number of nitrogens with two attached hydrogens (primary N) is 2. The molecule has 0 spiro atoms. The zero-order chi connectivity index (χ0) is 26.9. The average molecular weight is 552 g/mol. The zero-order valence-electron chi connectivity index (χ0n) is 21.1. The lowest BCUT2D eigenvalue weighted by Crippen LogP contribution is -2.42. The van der Waals surface area contributed by atoms with Crippen LogP contribution in [0.4, 0.5) is 22.9 Å². The van der Waals surface area contributed by atoms with Crippen molar-refractivity contribution in [2.24, 2.45) is 11.5 Å². The summed E-state index contributed by atoms with van der Waals surface area (Å²) >= 11 is 1.21. The second kappa shape index (κ2) is 10.7. The third kappa shape index (κ3) is 5.07. The SMILES string of the molecule is NC(=O)c1ncc(N[C@H]2CCCC[C@H]2N)cc1Nc1csnc1-c1coc2c(=O)cc(N3CCOCC3)oc12. The maximum atomic E-state index is 12.8. The Morgan fingerprint density at radius 1 is 1.13 bits per heavy atom. The van der Waals surface area contributed by atoms with Crippen LogP contribution in [0.15, 0.2) is 43.6 Å².